The molecule has 1 heterocycles. The van der Waals surface area contributed by atoms with E-state index in [1.807, 2.05) is 0 Å². The van der Waals surface area contributed by atoms with Crippen LogP contribution >= 0.6 is 0 Å². The molecule has 1 N–H and O–H groups in total. The van der Waals surface area contributed by atoms with Gasteiger partial charge >= 0.3 is 0 Å². The third kappa shape index (κ3) is 4.59. The topological polar surface area (TPSA) is 15.3 Å². The number of hydrogen-bond acceptors (Lipinski definition) is 2. The average molecular weight is 240 g/mol. The molecule has 0 bridgehead atoms. The van der Waals surface area contributed by atoms with Crippen LogP contribution in [0.1, 0.15) is 60.3 Å². The molecule has 17 heavy (non-hydrogen) atoms. The van der Waals surface area contributed by atoms with Gasteiger partial charge in [0.05, 0.1) is 0 Å². The van der Waals surface area contributed by atoms with Crippen LogP contribution < -0.4 is 5.32 Å². The van der Waals surface area contributed by atoms with E-state index in [1.165, 1.54) is 38.8 Å². The Kier molecular flexibility index (Phi) is 5.94. The summed E-state index contributed by atoms with van der Waals surface area (Å²) in [6.45, 7) is 15.3. The third-order valence-corrected chi connectivity index (χ3v) is 4.48. The monoisotopic (exact) mass is 240 g/mol. The van der Waals surface area contributed by atoms with Gasteiger partial charge in [0, 0.05) is 18.6 Å². The molecule has 1 rings (SSSR count). The van der Waals surface area contributed by atoms with Crippen LogP contribution in [0.2, 0.25) is 0 Å². The predicted molar refractivity (Wildman–Crippen MR) is 76.4 cm³/mol. The van der Waals surface area contributed by atoms with Crippen LogP contribution in [0.15, 0.2) is 0 Å². The fraction of sp³-hybridized carbons (Fsp3) is 1.00. The lowest BCUT2D eigenvalue weighted by Crippen LogP contribution is -2.48. The smallest absolute Gasteiger partial charge is 0.0102 e. The zero-order valence-electron chi connectivity index (χ0n) is 12.6. The molecule has 0 spiro atoms. The Morgan fingerprint density at radius 3 is 2.65 bits per heavy atom. The Labute approximate surface area is 108 Å². The van der Waals surface area contributed by atoms with E-state index in [1.54, 1.807) is 0 Å². The van der Waals surface area contributed by atoms with Crippen molar-refractivity contribution < 1.29 is 0 Å². The second-order valence-corrected chi connectivity index (χ2v) is 6.44. The van der Waals surface area contributed by atoms with Crippen LogP contribution in [0.3, 0.4) is 0 Å². The van der Waals surface area contributed by atoms with E-state index in [-0.39, 0.29) is 0 Å². The molecule has 0 radical (unpaired) electrons. The van der Waals surface area contributed by atoms with Crippen molar-refractivity contribution in [1.82, 2.24) is 10.2 Å². The normalized spacial score (nSPS) is 25.6. The molecule has 2 heteroatoms. The van der Waals surface area contributed by atoms with Gasteiger partial charge in [-0.2, -0.15) is 0 Å². The molecule has 0 amide bonds. The zero-order valence-corrected chi connectivity index (χ0v) is 12.6. The minimum Gasteiger partial charge on any atom is -0.314 e. The first-order valence-electron chi connectivity index (χ1n) is 7.45. The summed E-state index contributed by atoms with van der Waals surface area (Å²) in [7, 11) is 0. The molecule has 2 atom stereocenters. The van der Waals surface area contributed by atoms with Crippen LogP contribution in [-0.4, -0.2) is 36.6 Å². The van der Waals surface area contributed by atoms with Gasteiger partial charge in [-0.05, 0) is 45.2 Å². The highest BCUT2D eigenvalue weighted by Gasteiger charge is 2.29. The van der Waals surface area contributed by atoms with Crippen LogP contribution in [0, 0.1) is 5.41 Å². The summed E-state index contributed by atoms with van der Waals surface area (Å²) in [5.74, 6) is 0. The molecular weight excluding hydrogens is 208 g/mol. The van der Waals surface area contributed by atoms with Gasteiger partial charge in [-0.25, -0.2) is 0 Å². The number of likely N-dealkylation sites (tertiary alicyclic amines) is 1. The molecule has 2 nitrogen and oxygen atoms in total. The summed E-state index contributed by atoms with van der Waals surface area (Å²) in [4.78, 5) is 2.71. The van der Waals surface area contributed by atoms with Crippen LogP contribution in [0.25, 0.3) is 0 Å². The summed E-state index contributed by atoms with van der Waals surface area (Å²) in [5.41, 5.74) is 0.356. The minimum absolute atomic E-state index is 0.356. The first-order valence-corrected chi connectivity index (χ1v) is 7.45. The molecule has 2 unspecified atom stereocenters. The fourth-order valence-corrected chi connectivity index (χ4v) is 2.81. The van der Waals surface area contributed by atoms with E-state index >= 15 is 0 Å². The molecule has 102 valence electrons. The second kappa shape index (κ2) is 6.75. The van der Waals surface area contributed by atoms with Gasteiger partial charge in [-0.15, -0.1) is 0 Å². The van der Waals surface area contributed by atoms with Crippen molar-refractivity contribution in [2.45, 2.75) is 72.4 Å². The number of nitrogens with one attached hydrogen (secondary N) is 1. The quantitative estimate of drug-likeness (QED) is 0.793. The Bertz CT molecular complexity index is 213. The van der Waals surface area contributed by atoms with Gasteiger partial charge in [-0.1, -0.05) is 33.6 Å². The van der Waals surface area contributed by atoms with E-state index < -0.39 is 0 Å². The van der Waals surface area contributed by atoms with Gasteiger partial charge in [0.15, 0.2) is 0 Å². The molecule has 0 aromatic rings. The largest absolute Gasteiger partial charge is 0.314 e. The summed E-state index contributed by atoms with van der Waals surface area (Å²) < 4.78 is 0. The van der Waals surface area contributed by atoms with Crippen molar-refractivity contribution in [3.63, 3.8) is 0 Å². The second-order valence-electron chi connectivity index (χ2n) is 6.44. The molecule has 0 aromatic carbocycles. The van der Waals surface area contributed by atoms with Crippen LogP contribution in [0.5, 0.6) is 0 Å². The van der Waals surface area contributed by atoms with Gasteiger partial charge in [-0.3, -0.25) is 0 Å². The third-order valence-electron chi connectivity index (χ3n) is 4.48. The van der Waals surface area contributed by atoms with E-state index in [2.05, 4.69) is 44.8 Å². The standard InChI is InChI=1S/C15H32N2/c1-6-16-14(3)15(4,5)12-17-11-9-7-8-10-13(17)2/h13-14,16H,6-12H2,1-5H3. The maximum atomic E-state index is 3.58. The summed E-state index contributed by atoms with van der Waals surface area (Å²) in [5, 5.41) is 3.58. The maximum Gasteiger partial charge on any atom is 0.0102 e. The molecule has 0 saturated carbocycles. The highest BCUT2D eigenvalue weighted by atomic mass is 15.2. The first kappa shape index (κ1) is 15.0. The van der Waals surface area contributed by atoms with Crippen LogP contribution in [0.4, 0.5) is 0 Å². The van der Waals surface area contributed by atoms with Crippen molar-refractivity contribution >= 4 is 0 Å². The van der Waals surface area contributed by atoms with Crippen molar-refractivity contribution in [2.75, 3.05) is 19.6 Å². The van der Waals surface area contributed by atoms with Crippen LogP contribution in [-0.2, 0) is 0 Å². The van der Waals surface area contributed by atoms with Gasteiger partial charge in [0.25, 0.3) is 0 Å². The molecule has 1 fully saturated rings. The molecule has 1 saturated heterocycles. The minimum atomic E-state index is 0.356. The van der Waals surface area contributed by atoms with Gasteiger partial charge < -0.3 is 10.2 Å². The SMILES string of the molecule is CCNC(C)C(C)(C)CN1CCCCCC1C. The first-order chi connectivity index (χ1) is 7.97. The highest BCUT2D eigenvalue weighted by molar-refractivity contribution is 4.86. The van der Waals surface area contributed by atoms with Crippen molar-refractivity contribution in [1.29, 1.82) is 0 Å². The lowest BCUT2D eigenvalue weighted by atomic mass is 9.84. The molecule has 0 aromatic heterocycles. The Morgan fingerprint density at radius 2 is 2.00 bits per heavy atom. The Balaban J connectivity index is 2.54. The summed E-state index contributed by atoms with van der Waals surface area (Å²) >= 11 is 0. The summed E-state index contributed by atoms with van der Waals surface area (Å²) in [6, 6.07) is 1.36. The van der Waals surface area contributed by atoms with E-state index in [0.29, 0.717) is 11.5 Å². The van der Waals surface area contributed by atoms with E-state index in [9.17, 15) is 0 Å². The van der Waals surface area contributed by atoms with Gasteiger partial charge in [0.2, 0.25) is 0 Å². The molecule has 1 aliphatic rings. The Hall–Kier alpha value is -0.0800. The highest BCUT2D eigenvalue weighted by Crippen LogP contribution is 2.26. The average Bonchev–Trinajstić information content (AvgIpc) is 2.44. The van der Waals surface area contributed by atoms with Gasteiger partial charge in [0.1, 0.15) is 0 Å². The fourth-order valence-electron chi connectivity index (χ4n) is 2.81. The maximum absolute atomic E-state index is 3.58. The Morgan fingerprint density at radius 1 is 1.29 bits per heavy atom. The zero-order chi connectivity index (χ0) is 12.9. The number of hydrogen-bond donors (Lipinski definition) is 1. The molecule has 0 aliphatic carbocycles. The molecular formula is C15H32N2. The lowest BCUT2D eigenvalue weighted by molar-refractivity contribution is 0.114. The van der Waals surface area contributed by atoms with Crippen molar-refractivity contribution in [3.05, 3.63) is 0 Å². The lowest BCUT2D eigenvalue weighted by Gasteiger charge is -2.39. The van der Waals surface area contributed by atoms with E-state index in [4.69, 9.17) is 0 Å². The van der Waals surface area contributed by atoms with E-state index in [0.717, 1.165) is 12.6 Å². The van der Waals surface area contributed by atoms with Crippen molar-refractivity contribution in [3.8, 4) is 0 Å². The number of nitrogens with zero attached hydrogens (tertiary/aromatic N) is 1. The van der Waals surface area contributed by atoms with Crippen molar-refractivity contribution in [2.24, 2.45) is 5.41 Å². The predicted octanol–water partition coefficient (Wildman–Crippen LogP) is 3.28. The molecule has 1 aliphatic heterocycles. The number of rotatable bonds is 5. The summed E-state index contributed by atoms with van der Waals surface area (Å²) in [6.07, 6.45) is 5.60.